The smallest absolute Gasteiger partial charge is 0.0738 e. The van der Waals surface area contributed by atoms with Crippen LogP contribution in [0.4, 0.5) is 0 Å². The quantitative estimate of drug-likeness (QED) is 0.537. The van der Waals surface area contributed by atoms with Gasteiger partial charge in [-0.3, -0.25) is 4.68 Å². The number of nitrogens with zero attached hydrogens (tertiary/aromatic N) is 3. The van der Waals surface area contributed by atoms with Crippen molar-refractivity contribution in [1.29, 1.82) is 0 Å². The Balaban J connectivity index is 2.04. The molecule has 0 saturated carbocycles. The molecule has 1 N–H and O–H groups in total. The molecule has 4 nitrogen and oxygen atoms in total. The van der Waals surface area contributed by atoms with E-state index in [1.807, 2.05) is 24.9 Å². The summed E-state index contributed by atoms with van der Waals surface area (Å²) in [6.07, 6.45) is 3.71. The summed E-state index contributed by atoms with van der Waals surface area (Å²) in [5, 5.41) is 11.0. The van der Waals surface area contributed by atoms with Gasteiger partial charge in [0.05, 0.1) is 11.9 Å². The van der Waals surface area contributed by atoms with Crippen LogP contribution in [0.25, 0.3) is 0 Å². The number of hydrogen-bond donors (Lipinski definition) is 1. The van der Waals surface area contributed by atoms with Gasteiger partial charge in [0.2, 0.25) is 0 Å². The van der Waals surface area contributed by atoms with Crippen LogP contribution in [0.5, 0.6) is 0 Å². The lowest BCUT2D eigenvalue weighted by atomic mass is 10.4. The maximum absolute atomic E-state index is 3.85. The van der Waals surface area contributed by atoms with Gasteiger partial charge < -0.3 is 5.32 Å². The van der Waals surface area contributed by atoms with Gasteiger partial charge in [-0.2, -0.15) is 11.8 Å². The van der Waals surface area contributed by atoms with Crippen LogP contribution in [-0.2, 0) is 13.6 Å². The highest BCUT2D eigenvalue weighted by Gasteiger charge is 1.97. The van der Waals surface area contributed by atoms with Crippen LogP contribution in [0.1, 0.15) is 5.69 Å². The topological polar surface area (TPSA) is 42.7 Å². The molecule has 0 saturated heterocycles. The fraction of sp³-hybridized carbons (Fsp3) is 0.556. The van der Waals surface area contributed by atoms with Crippen molar-refractivity contribution in [2.24, 2.45) is 7.05 Å². The second-order valence-corrected chi connectivity index (χ2v) is 4.04. The number of thioether (sulfide) groups is 1. The normalized spacial score (nSPS) is 10.4. The highest BCUT2D eigenvalue weighted by molar-refractivity contribution is 7.99. The predicted octanol–water partition coefficient (Wildman–Crippen LogP) is 0.824. The van der Waals surface area contributed by atoms with E-state index in [4.69, 9.17) is 0 Å². The zero-order chi connectivity index (χ0) is 10.2. The van der Waals surface area contributed by atoms with Gasteiger partial charge in [-0.05, 0) is 0 Å². The molecule has 0 fully saturated rings. The lowest BCUT2D eigenvalue weighted by Crippen LogP contribution is -2.18. The summed E-state index contributed by atoms with van der Waals surface area (Å²) in [6, 6.07) is 0. The van der Waals surface area contributed by atoms with Gasteiger partial charge in [0, 0.05) is 31.6 Å². The van der Waals surface area contributed by atoms with Gasteiger partial charge in [0.1, 0.15) is 0 Å². The average Bonchev–Trinajstić information content (AvgIpc) is 2.58. The largest absolute Gasteiger partial charge is 0.310 e. The molecule has 14 heavy (non-hydrogen) atoms. The Hall–Kier alpha value is -0.810. The molecule has 0 aliphatic heterocycles. The van der Waals surface area contributed by atoms with Gasteiger partial charge in [-0.25, -0.2) is 0 Å². The minimum Gasteiger partial charge on any atom is -0.310 e. The molecule has 1 aromatic heterocycles. The molecule has 5 heteroatoms. The number of rotatable bonds is 7. The summed E-state index contributed by atoms with van der Waals surface area (Å²) in [5.74, 6) is 2.13. The molecule has 0 radical (unpaired) electrons. The van der Waals surface area contributed by atoms with E-state index in [9.17, 15) is 0 Å². The summed E-state index contributed by atoms with van der Waals surface area (Å²) in [5.41, 5.74) is 1.11. The number of aryl methyl sites for hydroxylation is 1. The molecule has 0 spiro atoms. The fourth-order valence-corrected chi connectivity index (χ4v) is 1.62. The van der Waals surface area contributed by atoms with Crippen molar-refractivity contribution < 1.29 is 0 Å². The Bertz CT molecular complexity index is 272. The first-order chi connectivity index (χ1) is 6.84. The Kier molecular flexibility index (Phi) is 5.32. The van der Waals surface area contributed by atoms with E-state index in [2.05, 4.69) is 22.2 Å². The first-order valence-electron chi connectivity index (χ1n) is 4.57. The Morgan fingerprint density at radius 1 is 1.71 bits per heavy atom. The molecule has 0 aliphatic rings. The van der Waals surface area contributed by atoms with Gasteiger partial charge in [-0.15, -0.1) is 11.7 Å². The zero-order valence-corrected chi connectivity index (χ0v) is 9.26. The highest BCUT2D eigenvalue weighted by Crippen LogP contribution is 1.98. The van der Waals surface area contributed by atoms with Crippen molar-refractivity contribution in [3.05, 3.63) is 24.5 Å². The Labute approximate surface area is 88.8 Å². The maximum Gasteiger partial charge on any atom is 0.0738 e. The van der Waals surface area contributed by atoms with Crippen LogP contribution >= 0.6 is 11.8 Å². The number of aromatic nitrogens is 3. The van der Waals surface area contributed by atoms with Crippen LogP contribution in [0.15, 0.2) is 18.9 Å². The Morgan fingerprint density at radius 2 is 2.57 bits per heavy atom. The minimum atomic E-state index is 0.831. The monoisotopic (exact) mass is 212 g/mol. The lowest BCUT2D eigenvalue weighted by Gasteiger charge is -2.03. The van der Waals surface area contributed by atoms with Crippen LogP contribution in [-0.4, -0.2) is 33.0 Å². The highest BCUT2D eigenvalue weighted by atomic mass is 32.2. The Morgan fingerprint density at radius 3 is 3.21 bits per heavy atom. The molecule has 0 amide bonds. The lowest BCUT2D eigenvalue weighted by molar-refractivity contribution is 0.632. The van der Waals surface area contributed by atoms with Crippen LogP contribution in [0.3, 0.4) is 0 Å². The summed E-state index contributed by atoms with van der Waals surface area (Å²) in [4.78, 5) is 0. The molecule has 0 unspecified atom stereocenters. The van der Waals surface area contributed by atoms with Crippen molar-refractivity contribution in [2.75, 3.05) is 18.1 Å². The van der Waals surface area contributed by atoms with Crippen molar-refractivity contribution in [1.82, 2.24) is 20.3 Å². The average molecular weight is 212 g/mol. The zero-order valence-electron chi connectivity index (χ0n) is 8.44. The second-order valence-electron chi connectivity index (χ2n) is 2.89. The predicted molar refractivity (Wildman–Crippen MR) is 60.2 cm³/mol. The molecule has 0 bridgehead atoms. The molecule has 1 aromatic rings. The van der Waals surface area contributed by atoms with Gasteiger partial charge in [0.25, 0.3) is 0 Å². The number of nitrogens with one attached hydrogen (secondary N) is 1. The summed E-state index contributed by atoms with van der Waals surface area (Å²) < 4.78 is 1.78. The maximum atomic E-state index is 3.85. The molecule has 78 valence electrons. The van der Waals surface area contributed by atoms with E-state index in [0.29, 0.717) is 0 Å². The second kappa shape index (κ2) is 6.62. The van der Waals surface area contributed by atoms with Gasteiger partial charge in [0.15, 0.2) is 0 Å². The van der Waals surface area contributed by atoms with Crippen molar-refractivity contribution in [2.45, 2.75) is 6.54 Å². The third-order valence-electron chi connectivity index (χ3n) is 1.77. The summed E-state index contributed by atoms with van der Waals surface area (Å²) >= 11 is 1.88. The minimum absolute atomic E-state index is 0.831. The van der Waals surface area contributed by atoms with Crippen molar-refractivity contribution >= 4 is 11.8 Å². The fourth-order valence-electron chi connectivity index (χ4n) is 0.998. The summed E-state index contributed by atoms with van der Waals surface area (Å²) in [7, 11) is 1.90. The SMILES string of the molecule is C=CCSCCNCc1cnnn1C. The molecule has 0 aliphatic carbocycles. The van der Waals surface area contributed by atoms with Gasteiger partial charge in [-0.1, -0.05) is 11.3 Å². The molecule has 1 heterocycles. The van der Waals surface area contributed by atoms with Crippen LogP contribution in [0, 0.1) is 0 Å². The summed E-state index contributed by atoms with van der Waals surface area (Å²) in [6.45, 7) is 5.50. The number of hydrogen-bond acceptors (Lipinski definition) is 4. The van der Waals surface area contributed by atoms with E-state index in [-0.39, 0.29) is 0 Å². The molecular formula is C9H16N4S. The van der Waals surface area contributed by atoms with E-state index in [1.54, 1.807) is 10.9 Å². The van der Waals surface area contributed by atoms with Crippen LogP contribution < -0.4 is 5.32 Å². The molecule has 0 aromatic carbocycles. The van der Waals surface area contributed by atoms with E-state index in [1.165, 1.54) is 0 Å². The van der Waals surface area contributed by atoms with E-state index < -0.39 is 0 Å². The van der Waals surface area contributed by atoms with Gasteiger partial charge >= 0.3 is 0 Å². The molecule has 1 rings (SSSR count). The molecule has 0 atom stereocenters. The van der Waals surface area contributed by atoms with Crippen molar-refractivity contribution in [3.63, 3.8) is 0 Å². The van der Waals surface area contributed by atoms with E-state index >= 15 is 0 Å². The van der Waals surface area contributed by atoms with Crippen molar-refractivity contribution in [3.8, 4) is 0 Å². The first kappa shape index (κ1) is 11.3. The third-order valence-corrected chi connectivity index (χ3v) is 2.74. The molecular weight excluding hydrogens is 196 g/mol. The van der Waals surface area contributed by atoms with E-state index in [0.717, 1.165) is 30.3 Å². The third kappa shape index (κ3) is 3.93. The van der Waals surface area contributed by atoms with Crippen LogP contribution in [0.2, 0.25) is 0 Å². The standard InChI is InChI=1S/C9H16N4S/c1-3-5-14-6-4-10-7-9-8-11-12-13(9)2/h3,8,10H,1,4-7H2,2H3. The first-order valence-corrected chi connectivity index (χ1v) is 5.73.